The molecule has 172 valence electrons. The van der Waals surface area contributed by atoms with Gasteiger partial charge in [0, 0.05) is 0 Å². The molecule has 0 aromatic heterocycles. The molecule has 0 aliphatic heterocycles. The van der Waals surface area contributed by atoms with Gasteiger partial charge in [-0.2, -0.15) is 0 Å². The van der Waals surface area contributed by atoms with Crippen LogP contribution in [0.5, 0.6) is 5.75 Å². The molecule has 2 aliphatic carbocycles. The van der Waals surface area contributed by atoms with E-state index in [0.717, 1.165) is 44.3 Å². The molecule has 0 saturated heterocycles. The number of fused-ring (bicyclic) bond motifs is 1. The Morgan fingerprint density at radius 1 is 1.23 bits per heavy atom. The van der Waals surface area contributed by atoms with E-state index in [9.17, 15) is 4.79 Å². The highest BCUT2D eigenvalue weighted by atomic mass is 16.5. The molecule has 31 heavy (non-hydrogen) atoms. The Balaban J connectivity index is 0.00000166. The summed E-state index contributed by atoms with van der Waals surface area (Å²) in [7, 11) is 0. The Hall–Kier alpha value is -2.03. The number of unbranched alkanes of at least 4 members (excludes halogenated alkanes) is 1. The van der Waals surface area contributed by atoms with Gasteiger partial charge in [-0.3, -0.25) is 0 Å². The van der Waals surface area contributed by atoms with Gasteiger partial charge in [-0.25, -0.2) is 4.79 Å². The molecule has 0 unspecified atom stereocenters. The van der Waals surface area contributed by atoms with Crippen LogP contribution in [-0.4, -0.2) is 18.7 Å². The first-order valence-corrected chi connectivity index (χ1v) is 12.1. The monoisotopic (exact) mass is 426 g/mol. The Morgan fingerprint density at radius 3 is 2.52 bits per heavy atom. The van der Waals surface area contributed by atoms with E-state index < -0.39 is 0 Å². The molecule has 3 rings (SSSR count). The van der Waals surface area contributed by atoms with Crippen LogP contribution in [0.3, 0.4) is 0 Å². The Bertz CT molecular complexity index is 761. The largest absolute Gasteiger partial charge is 0.494 e. The van der Waals surface area contributed by atoms with E-state index >= 15 is 0 Å². The molecule has 4 atom stereocenters. The second-order valence-corrected chi connectivity index (χ2v) is 9.20. The summed E-state index contributed by atoms with van der Waals surface area (Å²) >= 11 is 0. The third kappa shape index (κ3) is 6.24. The first-order chi connectivity index (χ1) is 14.8. The molecule has 0 bridgehead atoms. The lowest BCUT2D eigenvalue weighted by molar-refractivity contribution is 0.0224. The second kappa shape index (κ2) is 11.5. The SMILES string of the molecule is C=C(C)[C@@H]1CCC2=C[C@H](OC(=O)c3ccc(OCCCC)cc3)C[C@@H](C)[C@]2(C)C1.CC. The highest BCUT2D eigenvalue weighted by molar-refractivity contribution is 5.89. The lowest BCUT2D eigenvalue weighted by atomic mass is 9.57. The fourth-order valence-electron chi connectivity index (χ4n) is 4.78. The molecule has 1 saturated carbocycles. The van der Waals surface area contributed by atoms with Gasteiger partial charge in [0.15, 0.2) is 0 Å². The summed E-state index contributed by atoms with van der Waals surface area (Å²) in [6, 6.07) is 7.30. The number of esters is 1. The van der Waals surface area contributed by atoms with E-state index in [2.05, 4.69) is 40.3 Å². The average Bonchev–Trinajstić information content (AvgIpc) is 2.76. The minimum absolute atomic E-state index is 0.137. The minimum atomic E-state index is -0.251. The van der Waals surface area contributed by atoms with Crippen molar-refractivity contribution in [3.8, 4) is 5.75 Å². The number of carbonyl (C=O) groups excluding carboxylic acids is 1. The van der Waals surface area contributed by atoms with Crippen molar-refractivity contribution >= 4 is 5.97 Å². The zero-order chi connectivity index (χ0) is 23.0. The number of hydrogen-bond acceptors (Lipinski definition) is 3. The molecule has 2 aliphatic rings. The Morgan fingerprint density at radius 2 is 1.90 bits per heavy atom. The summed E-state index contributed by atoms with van der Waals surface area (Å²) in [6.07, 6.45) is 8.51. The van der Waals surface area contributed by atoms with Crippen LogP contribution in [0.15, 0.2) is 48.1 Å². The summed E-state index contributed by atoms with van der Waals surface area (Å²) in [5, 5.41) is 0. The highest BCUT2D eigenvalue weighted by Gasteiger charge is 2.44. The smallest absolute Gasteiger partial charge is 0.338 e. The fraction of sp³-hybridized carbons (Fsp3) is 0.607. The first-order valence-electron chi connectivity index (χ1n) is 12.1. The maximum atomic E-state index is 12.7. The van der Waals surface area contributed by atoms with Gasteiger partial charge >= 0.3 is 5.97 Å². The minimum Gasteiger partial charge on any atom is -0.494 e. The predicted octanol–water partition coefficient (Wildman–Crippen LogP) is 7.77. The molecule has 3 heteroatoms. The van der Waals surface area contributed by atoms with E-state index in [4.69, 9.17) is 9.47 Å². The van der Waals surface area contributed by atoms with Gasteiger partial charge in [-0.05, 0) is 86.6 Å². The zero-order valence-corrected chi connectivity index (χ0v) is 20.5. The second-order valence-electron chi connectivity index (χ2n) is 9.20. The van der Waals surface area contributed by atoms with Gasteiger partial charge in [0.1, 0.15) is 11.9 Å². The molecule has 0 radical (unpaired) electrons. The van der Waals surface area contributed by atoms with Crippen molar-refractivity contribution < 1.29 is 14.3 Å². The molecule has 0 heterocycles. The molecular formula is C28H42O3. The average molecular weight is 427 g/mol. The van der Waals surface area contributed by atoms with Crippen LogP contribution in [0.1, 0.15) is 90.4 Å². The molecule has 1 aromatic carbocycles. The van der Waals surface area contributed by atoms with E-state index in [1.165, 1.54) is 11.1 Å². The van der Waals surface area contributed by atoms with Crippen molar-refractivity contribution in [1.29, 1.82) is 0 Å². The summed E-state index contributed by atoms with van der Waals surface area (Å²) in [5.41, 5.74) is 3.54. The van der Waals surface area contributed by atoms with E-state index in [0.29, 0.717) is 24.0 Å². The standard InChI is InChI=1S/C26H36O3.C2H6/c1-6-7-14-28-23-12-9-20(10-13-23)25(27)29-24-15-19(4)26(5)17-21(18(2)3)8-11-22(26)16-24;1-2/h9-10,12-13,16,19,21,24H,2,6-8,11,14-15,17H2,1,3-5H3;1-2H3/t19-,21-,24-,26+;/m1./s1. The lowest BCUT2D eigenvalue weighted by Gasteiger charge is -2.48. The highest BCUT2D eigenvalue weighted by Crippen LogP contribution is 2.53. The van der Waals surface area contributed by atoms with Crippen molar-refractivity contribution in [3.63, 3.8) is 0 Å². The summed E-state index contributed by atoms with van der Waals surface area (Å²) in [5.74, 6) is 1.64. The van der Waals surface area contributed by atoms with Gasteiger partial charge in [0.25, 0.3) is 0 Å². The van der Waals surface area contributed by atoms with Crippen molar-refractivity contribution in [1.82, 2.24) is 0 Å². The van der Waals surface area contributed by atoms with Crippen molar-refractivity contribution in [3.05, 3.63) is 53.6 Å². The van der Waals surface area contributed by atoms with Gasteiger partial charge in [-0.15, -0.1) is 0 Å². The topological polar surface area (TPSA) is 35.5 Å². The first kappa shape index (κ1) is 25.2. The van der Waals surface area contributed by atoms with Crippen molar-refractivity contribution in [2.45, 2.75) is 86.2 Å². The van der Waals surface area contributed by atoms with Crippen LogP contribution >= 0.6 is 0 Å². The third-order valence-corrected chi connectivity index (χ3v) is 7.04. The number of carbonyl (C=O) groups is 1. The number of benzene rings is 1. The number of hydrogen-bond donors (Lipinski definition) is 0. The molecule has 1 aromatic rings. The van der Waals surface area contributed by atoms with E-state index in [1.807, 2.05) is 26.0 Å². The number of ether oxygens (including phenoxy) is 2. The van der Waals surface area contributed by atoms with Gasteiger partial charge in [0.05, 0.1) is 12.2 Å². The number of allylic oxidation sites excluding steroid dienone is 2. The quantitative estimate of drug-likeness (QED) is 0.254. The fourth-order valence-corrected chi connectivity index (χ4v) is 4.78. The Labute approximate surface area is 189 Å². The molecule has 3 nitrogen and oxygen atoms in total. The summed E-state index contributed by atoms with van der Waals surface area (Å²) in [6.45, 7) is 17.9. The van der Waals surface area contributed by atoms with Crippen LogP contribution in [0.25, 0.3) is 0 Å². The third-order valence-electron chi connectivity index (χ3n) is 7.04. The van der Waals surface area contributed by atoms with Gasteiger partial charge < -0.3 is 9.47 Å². The predicted molar refractivity (Wildman–Crippen MR) is 130 cm³/mol. The summed E-state index contributed by atoms with van der Waals surface area (Å²) < 4.78 is 11.6. The van der Waals surface area contributed by atoms with E-state index in [1.54, 1.807) is 12.1 Å². The van der Waals surface area contributed by atoms with Crippen LogP contribution in [0, 0.1) is 17.3 Å². The summed E-state index contributed by atoms with van der Waals surface area (Å²) in [4.78, 5) is 12.7. The molecule has 1 fully saturated rings. The van der Waals surface area contributed by atoms with Crippen LogP contribution in [0.4, 0.5) is 0 Å². The molecule has 0 amide bonds. The van der Waals surface area contributed by atoms with Gasteiger partial charge in [-0.1, -0.05) is 58.8 Å². The molecular weight excluding hydrogens is 384 g/mol. The van der Waals surface area contributed by atoms with Gasteiger partial charge in [0.2, 0.25) is 0 Å². The molecule has 0 spiro atoms. The van der Waals surface area contributed by atoms with Crippen LogP contribution < -0.4 is 4.74 Å². The van der Waals surface area contributed by atoms with Crippen molar-refractivity contribution in [2.75, 3.05) is 6.61 Å². The maximum Gasteiger partial charge on any atom is 0.338 e. The van der Waals surface area contributed by atoms with Crippen molar-refractivity contribution in [2.24, 2.45) is 17.3 Å². The lowest BCUT2D eigenvalue weighted by Crippen LogP contribution is -2.40. The van der Waals surface area contributed by atoms with Crippen LogP contribution in [-0.2, 0) is 4.74 Å². The zero-order valence-electron chi connectivity index (χ0n) is 20.5. The Kier molecular flexibility index (Phi) is 9.40. The normalized spacial score (nSPS) is 27.2. The van der Waals surface area contributed by atoms with E-state index in [-0.39, 0.29) is 17.5 Å². The maximum absolute atomic E-state index is 12.7. The molecule has 0 N–H and O–H groups in total. The van der Waals surface area contributed by atoms with Crippen LogP contribution in [0.2, 0.25) is 0 Å². The number of rotatable bonds is 7.